The number of likely N-dealkylation sites (N-methyl/N-ethyl adjacent to an activating group) is 1. The van der Waals surface area contributed by atoms with Gasteiger partial charge in [-0.2, -0.15) is 5.10 Å². The highest BCUT2D eigenvalue weighted by Crippen LogP contribution is 1.91. The maximum atomic E-state index is 3.79. The van der Waals surface area contributed by atoms with Gasteiger partial charge in [0.2, 0.25) is 0 Å². The summed E-state index contributed by atoms with van der Waals surface area (Å²) in [6.07, 6.45) is 6.98. The van der Waals surface area contributed by atoms with Crippen molar-refractivity contribution in [2.24, 2.45) is 5.10 Å². The van der Waals surface area contributed by atoms with E-state index in [1.54, 1.807) is 0 Å². The Morgan fingerprint density at radius 2 is 2.42 bits per heavy atom. The van der Waals surface area contributed by atoms with Gasteiger partial charge in [-0.3, -0.25) is 0 Å². The first kappa shape index (κ1) is 9.06. The number of hydrazine groups is 1. The molecule has 4 nitrogen and oxygen atoms in total. The van der Waals surface area contributed by atoms with Crippen molar-refractivity contribution >= 4 is 6.21 Å². The highest BCUT2D eigenvalue weighted by molar-refractivity contribution is 5.59. The van der Waals surface area contributed by atoms with Gasteiger partial charge in [-0.05, 0) is 6.92 Å². The third kappa shape index (κ3) is 3.39. The van der Waals surface area contributed by atoms with Crippen molar-refractivity contribution in [3.63, 3.8) is 0 Å². The average Bonchev–Trinajstić information content (AvgIpc) is 2.63. The van der Waals surface area contributed by atoms with Crippen LogP contribution in [0.4, 0.5) is 0 Å². The minimum absolute atomic E-state index is 0.574. The van der Waals surface area contributed by atoms with E-state index >= 15 is 0 Å². The van der Waals surface area contributed by atoms with E-state index in [-0.39, 0.29) is 0 Å². The standard InChI is InChI=1S/2C4H8N2/c1-6-4-2-3-5-6;1-4-2-3-5-6-4/h2-3,5H,4H2,1H3;3-4,6H,2H2,1H3. The van der Waals surface area contributed by atoms with E-state index in [9.17, 15) is 0 Å². The van der Waals surface area contributed by atoms with Crippen molar-refractivity contribution in [1.29, 1.82) is 0 Å². The molecule has 0 radical (unpaired) electrons. The van der Waals surface area contributed by atoms with E-state index in [1.165, 1.54) is 0 Å². The molecule has 0 aliphatic carbocycles. The van der Waals surface area contributed by atoms with Crippen LogP contribution in [0.1, 0.15) is 13.3 Å². The minimum Gasteiger partial charge on any atom is -0.326 e. The molecule has 0 fully saturated rings. The maximum absolute atomic E-state index is 3.79. The molecule has 1 unspecified atom stereocenters. The van der Waals surface area contributed by atoms with Crippen LogP contribution in [0.5, 0.6) is 0 Å². The van der Waals surface area contributed by atoms with Crippen LogP contribution >= 0.6 is 0 Å². The summed E-state index contributed by atoms with van der Waals surface area (Å²) < 4.78 is 0. The fraction of sp³-hybridized carbons (Fsp3) is 0.625. The summed E-state index contributed by atoms with van der Waals surface area (Å²) in [6, 6.07) is 0.574. The van der Waals surface area contributed by atoms with Crippen molar-refractivity contribution in [3.8, 4) is 0 Å². The highest BCUT2D eigenvalue weighted by Gasteiger charge is 1.99. The van der Waals surface area contributed by atoms with Crippen molar-refractivity contribution < 1.29 is 0 Å². The Bertz CT molecular complexity index is 140. The summed E-state index contributed by atoms with van der Waals surface area (Å²) in [7, 11) is 2.00. The van der Waals surface area contributed by atoms with Gasteiger partial charge in [0.15, 0.2) is 0 Å². The molecular formula is C8H16N4. The van der Waals surface area contributed by atoms with Gasteiger partial charge >= 0.3 is 0 Å². The summed E-state index contributed by atoms with van der Waals surface area (Å²) >= 11 is 0. The molecule has 68 valence electrons. The zero-order valence-electron chi connectivity index (χ0n) is 7.62. The predicted octanol–water partition coefficient (Wildman–Crippen LogP) is 0.304. The van der Waals surface area contributed by atoms with Crippen LogP contribution < -0.4 is 10.9 Å². The second-order valence-corrected chi connectivity index (χ2v) is 2.99. The minimum atomic E-state index is 0.574. The van der Waals surface area contributed by atoms with Crippen molar-refractivity contribution in [3.05, 3.63) is 12.3 Å². The largest absolute Gasteiger partial charge is 0.326 e. The first-order chi connectivity index (χ1) is 5.79. The van der Waals surface area contributed by atoms with Crippen LogP contribution in [0, 0.1) is 0 Å². The van der Waals surface area contributed by atoms with Gasteiger partial charge < -0.3 is 10.9 Å². The third-order valence-corrected chi connectivity index (χ3v) is 1.64. The molecule has 4 heteroatoms. The number of hydrogen-bond acceptors (Lipinski definition) is 4. The Balaban J connectivity index is 0.000000120. The molecule has 2 aliphatic rings. The molecule has 12 heavy (non-hydrogen) atoms. The second-order valence-electron chi connectivity index (χ2n) is 2.99. The number of hydrogen-bond donors (Lipinski definition) is 2. The molecule has 1 atom stereocenters. The Kier molecular flexibility index (Phi) is 3.60. The van der Waals surface area contributed by atoms with Crippen LogP contribution in [0.15, 0.2) is 17.4 Å². The monoisotopic (exact) mass is 168 g/mol. The fourth-order valence-corrected chi connectivity index (χ4v) is 0.887. The molecule has 0 spiro atoms. The van der Waals surface area contributed by atoms with Crippen LogP contribution in [0.25, 0.3) is 0 Å². The lowest BCUT2D eigenvalue weighted by atomic mass is 10.3. The molecule has 2 heterocycles. The summed E-state index contributed by atoms with van der Waals surface area (Å²) in [4.78, 5) is 0. The van der Waals surface area contributed by atoms with Gasteiger partial charge in [0.05, 0.1) is 0 Å². The molecule has 2 aliphatic heterocycles. The SMILES string of the molecule is CC1CC=NN1.CN1CC=CN1. The van der Waals surface area contributed by atoms with E-state index < -0.39 is 0 Å². The molecule has 0 aromatic rings. The third-order valence-electron chi connectivity index (χ3n) is 1.64. The van der Waals surface area contributed by atoms with Crippen LogP contribution in [0.2, 0.25) is 0 Å². The Morgan fingerprint density at radius 1 is 1.58 bits per heavy atom. The Hall–Kier alpha value is -1.03. The van der Waals surface area contributed by atoms with Crippen LogP contribution in [-0.4, -0.2) is 30.9 Å². The quantitative estimate of drug-likeness (QED) is 0.546. The molecule has 0 saturated carbocycles. The van der Waals surface area contributed by atoms with E-state index in [0.717, 1.165) is 13.0 Å². The van der Waals surface area contributed by atoms with E-state index in [2.05, 4.69) is 29.0 Å². The van der Waals surface area contributed by atoms with Gasteiger partial charge in [0.25, 0.3) is 0 Å². The molecule has 2 rings (SSSR count). The molecule has 2 N–H and O–H groups in total. The smallest absolute Gasteiger partial charge is 0.0461 e. The average molecular weight is 168 g/mol. The van der Waals surface area contributed by atoms with Gasteiger partial charge in [-0.15, -0.1) is 0 Å². The van der Waals surface area contributed by atoms with Crippen LogP contribution in [-0.2, 0) is 0 Å². The molecule has 0 amide bonds. The van der Waals surface area contributed by atoms with Crippen molar-refractivity contribution in [1.82, 2.24) is 15.9 Å². The van der Waals surface area contributed by atoms with Gasteiger partial charge in [0, 0.05) is 38.5 Å². The maximum Gasteiger partial charge on any atom is 0.0461 e. The molecule has 0 saturated heterocycles. The normalized spacial score (nSPS) is 26.0. The zero-order valence-corrected chi connectivity index (χ0v) is 7.62. The Labute approximate surface area is 73.3 Å². The van der Waals surface area contributed by atoms with Gasteiger partial charge in [-0.1, -0.05) is 6.08 Å². The van der Waals surface area contributed by atoms with Crippen molar-refractivity contribution in [2.45, 2.75) is 19.4 Å². The number of rotatable bonds is 0. The lowest BCUT2D eigenvalue weighted by Crippen LogP contribution is -2.24. The zero-order chi connectivity index (χ0) is 8.81. The van der Waals surface area contributed by atoms with Crippen LogP contribution in [0.3, 0.4) is 0 Å². The summed E-state index contributed by atoms with van der Waals surface area (Å²) in [6.45, 7) is 3.13. The summed E-state index contributed by atoms with van der Waals surface area (Å²) in [5.41, 5.74) is 5.86. The molecule has 0 aromatic heterocycles. The predicted molar refractivity (Wildman–Crippen MR) is 50.6 cm³/mol. The van der Waals surface area contributed by atoms with E-state index in [0.29, 0.717) is 6.04 Å². The molecule has 0 bridgehead atoms. The van der Waals surface area contributed by atoms with E-state index in [1.807, 2.05) is 24.5 Å². The first-order valence-corrected chi connectivity index (χ1v) is 4.18. The molecular weight excluding hydrogens is 152 g/mol. The lowest BCUT2D eigenvalue weighted by Gasteiger charge is -2.04. The Morgan fingerprint density at radius 3 is 2.58 bits per heavy atom. The topological polar surface area (TPSA) is 39.7 Å². The van der Waals surface area contributed by atoms with Gasteiger partial charge in [-0.25, -0.2) is 5.01 Å². The number of nitrogens with zero attached hydrogens (tertiary/aromatic N) is 2. The van der Waals surface area contributed by atoms with Gasteiger partial charge in [0.1, 0.15) is 0 Å². The number of nitrogens with one attached hydrogen (secondary N) is 2. The lowest BCUT2D eigenvalue weighted by molar-refractivity contribution is 0.332. The summed E-state index contributed by atoms with van der Waals surface area (Å²) in [5, 5.41) is 5.79. The molecule has 0 aromatic carbocycles. The second kappa shape index (κ2) is 4.77. The van der Waals surface area contributed by atoms with E-state index in [4.69, 9.17) is 0 Å². The highest BCUT2D eigenvalue weighted by atomic mass is 15.5. The van der Waals surface area contributed by atoms with Crippen molar-refractivity contribution in [2.75, 3.05) is 13.6 Å². The summed E-state index contributed by atoms with van der Waals surface area (Å²) in [5.74, 6) is 0. The first-order valence-electron chi connectivity index (χ1n) is 4.18. The fourth-order valence-electron chi connectivity index (χ4n) is 0.887. The number of hydrazone groups is 1.